The molecule has 9 rings (SSSR count). The summed E-state index contributed by atoms with van der Waals surface area (Å²) in [5.74, 6) is 3.35. The largest absolute Gasteiger partial charge is 0.399 e. The number of anilines is 1. The van der Waals surface area contributed by atoms with Crippen molar-refractivity contribution in [3.63, 3.8) is 0 Å². The van der Waals surface area contributed by atoms with E-state index in [2.05, 4.69) is 91.1 Å². The highest BCUT2D eigenvalue weighted by Crippen LogP contribution is 2.45. The number of aryl methyl sites for hydroxylation is 2. The van der Waals surface area contributed by atoms with Crippen LogP contribution >= 0.6 is 11.6 Å². The third kappa shape index (κ3) is 14.4. The molecule has 4 fully saturated rings. The second-order valence-electron chi connectivity index (χ2n) is 23.4. The standard InChI is InChI=1S/C35H54N6.C28H30ClF2N.C2H7N/c1-26-13-22-41(27(2)36-26)34-32-12-11-30(23-33(32)38(5)37-34)29-14-18-40(19-15-29)25-35(3,4)31-16-20-39(21-17-31)24-28-9-7-6-8-10-28;1-5-6-12-20-13-14-22(18(4)32)25(28(20)31)26-24(17(2)3)21(16-23(30)27(26)29)15-19-10-8-7-9-11-19;1-3-2/h11-12,23,28-29,31,36H,1-2,6-10,13-22,24-25H2,3-5H3;7-11,13-14,16-17H,4-6,12,15,32H2,1-3H3;3H,1-2H3. The first-order chi connectivity index (χ1) is 36.4. The summed E-state index contributed by atoms with van der Waals surface area (Å²) in [5.41, 5.74) is 14.7. The van der Waals surface area contributed by atoms with Crippen molar-refractivity contribution in [3.05, 3.63) is 148 Å². The van der Waals surface area contributed by atoms with Gasteiger partial charge in [0.05, 0.1) is 10.5 Å². The summed E-state index contributed by atoms with van der Waals surface area (Å²) in [6.45, 7) is 31.9. The molecule has 0 unspecified atom stereocenters. The summed E-state index contributed by atoms with van der Waals surface area (Å²) < 4.78 is 33.1. The van der Waals surface area contributed by atoms with E-state index in [1.165, 1.54) is 120 Å². The Hall–Kier alpha value is -5.00. The summed E-state index contributed by atoms with van der Waals surface area (Å²) >= 11 is 6.55. The van der Waals surface area contributed by atoms with Crippen molar-refractivity contribution in [2.45, 2.75) is 136 Å². The number of hydrogen-bond acceptors (Lipinski definition) is 7. The lowest BCUT2D eigenvalue weighted by Gasteiger charge is -2.45. The van der Waals surface area contributed by atoms with Gasteiger partial charge in [-0.05, 0) is 173 Å². The van der Waals surface area contributed by atoms with Gasteiger partial charge in [-0.2, -0.15) is 5.10 Å². The fourth-order valence-electron chi connectivity index (χ4n) is 12.7. The number of nitrogens with zero attached hydrogens (tertiary/aromatic N) is 5. The molecule has 1 aliphatic carbocycles. The molecule has 3 aliphatic heterocycles. The van der Waals surface area contributed by atoms with E-state index in [-0.39, 0.29) is 22.2 Å². The fraction of sp³-hybridized carbons (Fsp3) is 0.523. The molecule has 0 radical (unpaired) electrons. The van der Waals surface area contributed by atoms with E-state index in [9.17, 15) is 0 Å². The maximum Gasteiger partial charge on any atom is 0.164 e. The number of halogens is 3. The van der Waals surface area contributed by atoms with Crippen LogP contribution in [0.4, 0.5) is 14.6 Å². The van der Waals surface area contributed by atoms with E-state index in [0.29, 0.717) is 40.9 Å². The van der Waals surface area contributed by atoms with E-state index in [0.717, 1.165) is 71.7 Å². The molecule has 1 aromatic heterocycles. The third-order valence-corrected chi connectivity index (χ3v) is 17.2. The average molecular weight is 1060 g/mol. The molecule has 8 nitrogen and oxygen atoms in total. The maximum atomic E-state index is 15.9. The van der Waals surface area contributed by atoms with Gasteiger partial charge in [-0.3, -0.25) is 4.68 Å². The second-order valence-corrected chi connectivity index (χ2v) is 23.8. The lowest BCUT2D eigenvalue weighted by Crippen LogP contribution is -2.46. The van der Waals surface area contributed by atoms with Crippen LogP contribution in [0.2, 0.25) is 5.02 Å². The minimum Gasteiger partial charge on any atom is -0.399 e. The monoisotopic (exact) mass is 1060 g/mol. The molecule has 76 heavy (non-hydrogen) atoms. The molecule has 412 valence electrons. The predicted molar refractivity (Wildman–Crippen MR) is 319 cm³/mol. The van der Waals surface area contributed by atoms with Crippen LogP contribution in [0.5, 0.6) is 0 Å². The van der Waals surface area contributed by atoms with Gasteiger partial charge in [0.1, 0.15) is 17.5 Å². The number of fused-ring (bicyclic) bond motifs is 1. The first-order valence-electron chi connectivity index (χ1n) is 28.7. The molecule has 0 atom stereocenters. The molecule has 0 bridgehead atoms. The highest BCUT2D eigenvalue weighted by molar-refractivity contribution is 6.34. The number of likely N-dealkylation sites (tertiary alicyclic amines) is 2. The van der Waals surface area contributed by atoms with E-state index in [1.54, 1.807) is 12.1 Å². The van der Waals surface area contributed by atoms with Crippen LogP contribution in [-0.2, 0) is 19.9 Å². The van der Waals surface area contributed by atoms with Gasteiger partial charge in [0.2, 0.25) is 0 Å². The van der Waals surface area contributed by atoms with E-state index >= 15 is 8.78 Å². The Morgan fingerprint density at radius 3 is 2.17 bits per heavy atom. The van der Waals surface area contributed by atoms with Gasteiger partial charge in [0.15, 0.2) is 5.82 Å². The van der Waals surface area contributed by atoms with Crippen LogP contribution in [0.15, 0.2) is 98.0 Å². The van der Waals surface area contributed by atoms with Gasteiger partial charge < -0.3 is 31.1 Å². The van der Waals surface area contributed by atoms with Crippen LogP contribution in [0.3, 0.4) is 0 Å². The SMILES string of the molecule is C=C(N)c1ccc(CCCC)c(F)c1-c1c(Cl)c(F)cc(Cc2ccccc2)c1C(C)C.C=C1CCN(c2nn(C)c3cc(C4CCN(CC(C)(C)C5CCN(CC6CCCCC6)CC5)CC4)ccc23)C(=C)N1.CNC. The molecule has 4 aliphatic rings. The molecule has 5 aromatic rings. The smallest absolute Gasteiger partial charge is 0.164 e. The van der Waals surface area contributed by atoms with Gasteiger partial charge in [0.25, 0.3) is 0 Å². The van der Waals surface area contributed by atoms with E-state index < -0.39 is 11.6 Å². The molecule has 0 spiro atoms. The Bertz CT molecular complexity index is 2740. The van der Waals surface area contributed by atoms with Crippen molar-refractivity contribution in [3.8, 4) is 11.1 Å². The van der Waals surface area contributed by atoms with E-state index in [1.807, 2.05) is 63.0 Å². The highest BCUT2D eigenvalue weighted by Gasteiger charge is 2.36. The number of piperidine rings is 2. The quantitative estimate of drug-likeness (QED) is 0.0964. The summed E-state index contributed by atoms with van der Waals surface area (Å²) in [7, 11) is 5.82. The topological polar surface area (TPSA) is 77.6 Å². The van der Waals surface area contributed by atoms with Crippen LogP contribution in [0.25, 0.3) is 27.7 Å². The number of hydrogen-bond donors (Lipinski definition) is 3. The first-order valence-corrected chi connectivity index (χ1v) is 29.0. The van der Waals surface area contributed by atoms with Crippen molar-refractivity contribution in [2.75, 3.05) is 64.8 Å². The first kappa shape index (κ1) is 58.7. The number of rotatable bonds is 15. The van der Waals surface area contributed by atoms with Crippen molar-refractivity contribution in [1.82, 2.24) is 30.2 Å². The molecule has 11 heteroatoms. The Kier molecular flexibility index (Phi) is 20.9. The molecule has 4 heterocycles. The molecular weight excluding hydrogens is 966 g/mol. The van der Waals surface area contributed by atoms with Crippen molar-refractivity contribution >= 4 is 34.0 Å². The van der Waals surface area contributed by atoms with Crippen molar-refractivity contribution in [1.29, 1.82) is 0 Å². The zero-order valence-corrected chi connectivity index (χ0v) is 48.3. The molecule has 1 saturated carbocycles. The molecule has 4 N–H and O–H groups in total. The Morgan fingerprint density at radius 2 is 1.54 bits per heavy atom. The summed E-state index contributed by atoms with van der Waals surface area (Å²) in [5, 5.41) is 12.1. The summed E-state index contributed by atoms with van der Waals surface area (Å²) in [6.07, 6.45) is 16.4. The summed E-state index contributed by atoms with van der Waals surface area (Å²) in [6, 6.07) is 21.9. The zero-order chi connectivity index (χ0) is 54.7. The Labute approximate surface area is 461 Å². The van der Waals surface area contributed by atoms with Gasteiger partial charge in [0, 0.05) is 66.6 Å². The molecule has 0 amide bonds. The maximum absolute atomic E-state index is 15.9. The van der Waals surface area contributed by atoms with Crippen LogP contribution in [0.1, 0.15) is 157 Å². The number of nitrogens with two attached hydrogens (primary N) is 1. The normalized spacial score (nSPS) is 17.6. The van der Waals surface area contributed by atoms with Crippen LogP contribution in [0, 0.1) is 28.9 Å². The second kappa shape index (κ2) is 27.0. The van der Waals surface area contributed by atoms with Gasteiger partial charge >= 0.3 is 0 Å². The van der Waals surface area contributed by atoms with Crippen molar-refractivity contribution < 1.29 is 8.78 Å². The third-order valence-electron chi connectivity index (χ3n) is 16.8. The number of nitrogens with one attached hydrogen (secondary N) is 2. The van der Waals surface area contributed by atoms with Crippen LogP contribution in [-0.4, -0.2) is 79.5 Å². The minimum absolute atomic E-state index is 0.0144. The van der Waals surface area contributed by atoms with Crippen molar-refractivity contribution in [2.24, 2.45) is 30.0 Å². The van der Waals surface area contributed by atoms with Gasteiger partial charge in [-0.25, -0.2) is 8.78 Å². The molecule has 3 saturated heterocycles. The predicted octanol–water partition coefficient (Wildman–Crippen LogP) is 15.0. The number of aromatic nitrogens is 2. The van der Waals surface area contributed by atoms with Gasteiger partial charge in [-0.15, -0.1) is 0 Å². The average Bonchev–Trinajstić information content (AvgIpc) is 3.72. The van der Waals surface area contributed by atoms with E-state index in [4.69, 9.17) is 22.4 Å². The Balaban J connectivity index is 0.000000217. The number of benzene rings is 4. The molecule has 4 aromatic carbocycles. The lowest BCUT2D eigenvalue weighted by molar-refractivity contribution is 0.0494. The summed E-state index contributed by atoms with van der Waals surface area (Å²) in [4.78, 5) is 7.76. The highest BCUT2D eigenvalue weighted by atomic mass is 35.5. The fourth-order valence-corrected chi connectivity index (χ4v) is 12.9. The Morgan fingerprint density at radius 1 is 0.868 bits per heavy atom. The van der Waals surface area contributed by atoms with Crippen LogP contribution < -0.4 is 21.3 Å². The minimum atomic E-state index is -0.566. The van der Waals surface area contributed by atoms with Gasteiger partial charge in [-0.1, -0.05) is 140 Å². The zero-order valence-electron chi connectivity index (χ0n) is 47.6. The number of unbranched alkanes of at least 4 members (excludes halogenated alkanes) is 1. The lowest BCUT2D eigenvalue weighted by atomic mass is 9.72. The molecular formula is C65H91ClF2N8.